The van der Waals surface area contributed by atoms with E-state index >= 15 is 0 Å². The normalized spacial score (nSPS) is 15.3. The largest absolute Gasteiger partial charge is 0.368 e. The standard InChI is InChI=1S/C21H23N3O4S3/c1-16-8-10-18(11-9-16)31(27,28)19-20(29-21(22-19)30(2,25)26)24-14-12-23(13-15-24)17-6-4-3-5-7-17/h3-11H,12-15H2,1-2H3. The highest BCUT2D eigenvalue weighted by molar-refractivity contribution is 7.93. The first-order valence-corrected chi connectivity index (χ1v) is 13.9. The zero-order valence-corrected chi connectivity index (χ0v) is 19.7. The van der Waals surface area contributed by atoms with Gasteiger partial charge >= 0.3 is 0 Å². The molecule has 2 heterocycles. The lowest BCUT2D eigenvalue weighted by Crippen LogP contribution is -2.46. The predicted octanol–water partition coefficient (Wildman–Crippen LogP) is 3.01. The third-order valence-corrected chi connectivity index (χ3v) is 9.76. The quantitative estimate of drug-likeness (QED) is 0.558. The van der Waals surface area contributed by atoms with Gasteiger partial charge < -0.3 is 9.80 Å². The lowest BCUT2D eigenvalue weighted by Gasteiger charge is -2.36. The van der Waals surface area contributed by atoms with Gasteiger partial charge in [0.05, 0.1) is 4.90 Å². The third-order valence-electron chi connectivity index (χ3n) is 5.15. The van der Waals surface area contributed by atoms with Crippen LogP contribution in [0.4, 0.5) is 10.7 Å². The van der Waals surface area contributed by atoms with Gasteiger partial charge in [0.1, 0.15) is 5.00 Å². The number of thiazole rings is 1. The Labute approximate surface area is 186 Å². The van der Waals surface area contributed by atoms with E-state index in [1.165, 1.54) is 12.1 Å². The number of sulfone groups is 2. The van der Waals surface area contributed by atoms with Crippen molar-refractivity contribution in [1.29, 1.82) is 0 Å². The van der Waals surface area contributed by atoms with Crippen LogP contribution in [-0.2, 0) is 19.7 Å². The monoisotopic (exact) mass is 477 g/mol. The zero-order chi connectivity index (χ0) is 22.2. The van der Waals surface area contributed by atoms with E-state index in [2.05, 4.69) is 9.88 Å². The number of aryl methyl sites for hydroxylation is 1. The highest BCUT2D eigenvalue weighted by atomic mass is 32.2. The van der Waals surface area contributed by atoms with Crippen LogP contribution in [-0.4, -0.2) is 54.3 Å². The van der Waals surface area contributed by atoms with Gasteiger partial charge in [-0.05, 0) is 31.2 Å². The van der Waals surface area contributed by atoms with Crippen molar-refractivity contribution < 1.29 is 16.8 Å². The van der Waals surface area contributed by atoms with Crippen LogP contribution in [0, 0.1) is 6.92 Å². The summed E-state index contributed by atoms with van der Waals surface area (Å²) in [7, 11) is -7.60. The highest BCUT2D eigenvalue weighted by Crippen LogP contribution is 2.38. The second-order valence-electron chi connectivity index (χ2n) is 7.49. The Morgan fingerprint density at radius 1 is 0.839 bits per heavy atom. The molecular weight excluding hydrogens is 454 g/mol. The molecule has 10 heteroatoms. The molecule has 1 aliphatic heterocycles. The molecule has 0 atom stereocenters. The highest BCUT2D eigenvalue weighted by Gasteiger charge is 2.32. The maximum absolute atomic E-state index is 13.3. The first-order chi connectivity index (χ1) is 14.7. The predicted molar refractivity (Wildman–Crippen MR) is 123 cm³/mol. The summed E-state index contributed by atoms with van der Waals surface area (Å²) in [6.07, 6.45) is 1.05. The van der Waals surface area contributed by atoms with Crippen molar-refractivity contribution in [2.45, 2.75) is 21.2 Å². The van der Waals surface area contributed by atoms with E-state index in [4.69, 9.17) is 0 Å². The maximum Gasteiger partial charge on any atom is 0.226 e. The number of piperazine rings is 1. The van der Waals surface area contributed by atoms with Crippen LogP contribution < -0.4 is 9.80 Å². The van der Waals surface area contributed by atoms with Crippen molar-refractivity contribution in [3.8, 4) is 0 Å². The average Bonchev–Trinajstić information content (AvgIpc) is 3.22. The van der Waals surface area contributed by atoms with E-state index in [1.807, 2.05) is 42.2 Å². The van der Waals surface area contributed by atoms with Gasteiger partial charge in [-0.1, -0.05) is 47.2 Å². The molecule has 0 N–H and O–H groups in total. The Hall–Kier alpha value is -2.43. The summed E-state index contributed by atoms with van der Waals surface area (Å²) in [5.41, 5.74) is 2.04. The van der Waals surface area contributed by atoms with E-state index in [9.17, 15) is 16.8 Å². The molecule has 0 bridgehead atoms. The molecule has 1 fully saturated rings. The van der Waals surface area contributed by atoms with Crippen LogP contribution in [0.25, 0.3) is 0 Å². The number of benzene rings is 2. The fraction of sp³-hybridized carbons (Fsp3) is 0.286. The van der Waals surface area contributed by atoms with Crippen LogP contribution in [0.15, 0.2) is 68.9 Å². The summed E-state index contributed by atoms with van der Waals surface area (Å²) in [5, 5.41) is 0.198. The van der Waals surface area contributed by atoms with E-state index in [1.54, 1.807) is 12.1 Å². The minimum atomic E-state index is -3.96. The van der Waals surface area contributed by atoms with Crippen molar-refractivity contribution in [2.24, 2.45) is 0 Å². The lowest BCUT2D eigenvalue weighted by atomic mass is 10.2. The minimum Gasteiger partial charge on any atom is -0.368 e. The number of nitrogens with zero attached hydrogens (tertiary/aromatic N) is 3. The molecule has 0 amide bonds. The van der Waals surface area contributed by atoms with Crippen LogP contribution in [0.3, 0.4) is 0 Å². The van der Waals surface area contributed by atoms with Gasteiger partial charge in [0.2, 0.25) is 24.0 Å². The summed E-state index contributed by atoms with van der Waals surface area (Å²) >= 11 is 0.924. The van der Waals surface area contributed by atoms with E-state index < -0.39 is 19.7 Å². The summed E-state index contributed by atoms with van der Waals surface area (Å²) in [5.74, 6) is 0. The van der Waals surface area contributed by atoms with Gasteiger partial charge in [-0.2, -0.15) is 0 Å². The summed E-state index contributed by atoms with van der Waals surface area (Å²) < 4.78 is 50.8. The summed E-state index contributed by atoms with van der Waals surface area (Å²) in [6.45, 7) is 4.40. The SMILES string of the molecule is Cc1ccc(S(=O)(=O)c2nc(S(C)(=O)=O)sc2N2CCN(c3ccccc3)CC2)cc1. The fourth-order valence-corrected chi connectivity index (χ4v) is 7.15. The number of anilines is 2. The Kier molecular flexibility index (Phi) is 5.80. The first-order valence-electron chi connectivity index (χ1n) is 9.74. The Morgan fingerprint density at radius 3 is 2.00 bits per heavy atom. The Balaban J connectivity index is 1.69. The molecule has 164 valence electrons. The molecule has 1 aliphatic rings. The Bertz CT molecular complexity index is 1280. The molecule has 3 aromatic rings. The molecule has 0 unspecified atom stereocenters. The number of aromatic nitrogens is 1. The van der Waals surface area contributed by atoms with Gasteiger partial charge in [-0.3, -0.25) is 0 Å². The molecule has 1 aromatic heterocycles. The smallest absolute Gasteiger partial charge is 0.226 e. The van der Waals surface area contributed by atoms with Gasteiger partial charge in [-0.25, -0.2) is 21.8 Å². The molecule has 0 saturated carbocycles. The van der Waals surface area contributed by atoms with Crippen LogP contribution >= 0.6 is 11.3 Å². The minimum absolute atomic E-state index is 0.104. The van der Waals surface area contributed by atoms with Crippen molar-refractivity contribution in [3.05, 3.63) is 60.2 Å². The van der Waals surface area contributed by atoms with Crippen LogP contribution in [0.1, 0.15) is 5.56 Å². The zero-order valence-electron chi connectivity index (χ0n) is 17.2. The van der Waals surface area contributed by atoms with E-state index in [-0.39, 0.29) is 14.3 Å². The van der Waals surface area contributed by atoms with Crippen LogP contribution in [0.5, 0.6) is 0 Å². The molecule has 0 aliphatic carbocycles. The van der Waals surface area contributed by atoms with Crippen molar-refractivity contribution in [3.63, 3.8) is 0 Å². The van der Waals surface area contributed by atoms with Crippen LogP contribution in [0.2, 0.25) is 0 Å². The van der Waals surface area contributed by atoms with Crippen molar-refractivity contribution >= 4 is 41.7 Å². The van der Waals surface area contributed by atoms with Crippen molar-refractivity contribution in [1.82, 2.24) is 4.98 Å². The Morgan fingerprint density at radius 2 is 1.42 bits per heavy atom. The first kappa shape index (κ1) is 21.8. The summed E-state index contributed by atoms with van der Waals surface area (Å²) in [6, 6.07) is 16.5. The summed E-state index contributed by atoms with van der Waals surface area (Å²) in [4.78, 5) is 8.34. The second-order valence-corrected chi connectivity index (χ2v) is 12.5. The lowest BCUT2D eigenvalue weighted by molar-refractivity contribution is 0.589. The molecule has 2 aromatic carbocycles. The molecular formula is C21H23N3O4S3. The molecule has 1 saturated heterocycles. The molecule has 0 spiro atoms. The van der Waals surface area contributed by atoms with Gasteiger partial charge in [0.25, 0.3) is 0 Å². The molecule has 4 rings (SSSR count). The van der Waals surface area contributed by atoms with E-state index in [0.29, 0.717) is 31.2 Å². The molecule has 7 nitrogen and oxygen atoms in total. The van der Waals surface area contributed by atoms with Gasteiger partial charge in [0.15, 0.2) is 5.03 Å². The van der Waals surface area contributed by atoms with Gasteiger partial charge in [-0.15, -0.1) is 0 Å². The van der Waals surface area contributed by atoms with Gasteiger partial charge in [0, 0.05) is 38.1 Å². The number of hydrogen-bond acceptors (Lipinski definition) is 8. The third kappa shape index (κ3) is 4.46. The topological polar surface area (TPSA) is 87.6 Å². The number of para-hydroxylation sites is 1. The average molecular weight is 478 g/mol. The molecule has 0 radical (unpaired) electrons. The fourth-order valence-electron chi connectivity index (χ4n) is 3.45. The molecule has 31 heavy (non-hydrogen) atoms. The maximum atomic E-state index is 13.3. The number of rotatable bonds is 5. The number of hydrogen-bond donors (Lipinski definition) is 0. The van der Waals surface area contributed by atoms with Crippen molar-refractivity contribution in [2.75, 3.05) is 42.2 Å². The van der Waals surface area contributed by atoms with E-state index in [0.717, 1.165) is 28.8 Å². The second kappa shape index (κ2) is 8.25.